The molecule has 0 fully saturated rings. The smallest absolute Gasteiger partial charge is 0.151 e. The molecule has 1 N–H and O–H groups in total. The molecule has 0 aliphatic carbocycles. The fourth-order valence-electron chi connectivity index (χ4n) is 1.01. The molecular weight excluding hydrogens is 232 g/mol. The molecule has 76 valence electrons. The van der Waals surface area contributed by atoms with Crippen molar-refractivity contribution in [1.29, 1.82) is 0 Å². The first-order chi connectivity index (χ1) is 7.25. The summed E-state index contributed by atoms with van der Waals surface area (Å²) in [6.07, 6.45) is 0. The lowest BCUT2D eigenvalue weighted by Gasteiger charge is -2.01. The van der Waals surface area contributed by atoms with E-state index in [1.807, 2.05) is 12.1 Å². The lowest BCUT2D eigenvalue weighted by Crippen LogP contribution is -1.84. The number of hydrogen-bond acceptors (Lipinski definition) is 4. The molecule has 0 radical (unpaired) electrons. The van der Waals surface area contributed by atoms with E-state index in [4.69, 9.17) is 11.6 Å². The molecule has 0 spiro atoms. The summed E-state index contributed by atoms with van der Waals surface area (Å²) in [4.78, 5) is 0.745. The van der Waals surface area contributed by atoms with Crippen LogP contribution in [0.4, 0.5) is 0 Å². The zero-order valence-electron chi connectivity index (χ0n) is 7.59. The molecule has 2 aromatic rings. The van der Waals surface area contributed by atoms with Crippen molar-refractivity contribution in [3.8, 4) is 5.75 Å². The van der Waals surface area contributed by atoms with Gasteiger partial charge in [-0.25, -0.2) is 0 Å². The minimum absolute atomic E-state index is 0.235. The third-order valence-corrected chi connectivity index (χ3v) is 2.88. The van der Waals surface area contributed by atoms with E-state index in [0.717, 1.165) is 4.90 Å². The van der Waals surface area contributed by atoms with Gasteiger partial charge >= 0.3 is 0 Å². The van der Waals surface area contributed by atoms with Crippen molar-refractivity contribution in [3.05, 3.63) is 41.6 Å². The number of aromatic hydroxyl groups is 1. The number of para-hydroxylation sites is 1. The van der Waals surface area contributed by atoms with Crippen LogP contribution < -0.4 is 0 Å². The highest BCUT2D eigenvalue weighted by molar-refractivity contribution is 7.99. The average Bonchev–Trinajstić information content (AvgIpc) is 2.25. The molecule has 0 aliphatic heterocycles. The quantitative estimate of drug-likeness (QED) is 0.874. The van der Waals surface area contributed by atoms with Crippen LogP contribution in [0.5, 0.6) is 5.75 Å². The summed E-state index contributed by atoms with van der Waals surface area (Å²) in [6.45, 7) is 0. The molecule has 5 heteroatoms. The molecule has 1 aromatic carbocycles. The average molecular weight is 239 g/mol. The molecule has 1 aromatic heterocycles. The van der Waals surface area contributed by atoms with Gasteiger partial charge in [0, 0.05) is 0 Å². The van der Waals surface area contributed by atoms with E-state index >= 15 is 0 Å². The molecule has 0 bridgehead atoms. The SMILES string of the molecule is Oc1ccccc1Sc1ccc(Cl)nn1. The number of hydrogen-bond donors (Lipinski definition) is 1. The standard InChI is InChI=1S/C10H7ClN2OS/c11-9-5-6-10(13-12-9)15-8-4-2-1-3-7(8)14/h1-6,14H. The summed E-state index contributed by atoms with van der Waals surface area (Å²) in [6, 6.07) is 10.5. The first-order valence-electron chi connectivity index (χ1n) is 4.21. The van der Waals surface area contributed by atoms with Crippen molar-refractivity contribution >= 4 is 23.4 Å². The Morgan fingerprint density at radius 1 is 1.07 bits per heavy atom. The fraction of sp³-hybridized carbons (Fsp3) is 0. The lowest BCUT2D eigenvalue weighted by atomic mass is 10.3. The molecule has 3 nitrogen and oxygen atoms in total. The van der Waals surface area contributed by atoms with Gasteiger partial charge in [-0.2, -0.15) is 0 Å². The zero-order chi connectivity index (χ0) is 10.7. The summed E-state index contributed by atoms with van der Waals surface area (Å²) in [7, 11) is 0. The highest BCUT2D eigenvalue weighted by Gasteiger charge is 2.03. The Hall–Kier alpha value is -1.26. The van der Waals surface area contributed by atoms with Gasteiger partial charge in [-0.05, 0) is 24.3 Å². The number of halogens is 1. The van der Waals surface area contributed by atoms with Gasteiger partial charge < -0.3 is 5.11 Å². The predicted molar refractivity (Wildman–Crippen MR) is 59.3 cm³/mol. The van der Waals surface area contributed by atoms with Crippen molar-refractivity contribution in [2.45, 2.75) is 9.92 Å². The van der Waals surface area contributed by atoms with E-state index in [2.05, 4.69) is 10.2 Å². The Bertz CT molecular complexity index is 461. The van der Waals surface area contributed by atoms with Crippen LogP contribution in [0.2, 0.25) is 5.15 Å². The molecule has 2 rings (SSSR count). The Morgan fingerprint density at radius 3 is 2.53 bits per heavy atom. The van der Waals surface area contributed by atoms with E-state index in [0.29, 0.717) is 10.2 Å². The number of rotatable bonds is 2. The van der Waals surface area contributed by atoms with E-state index in [-0.39, 0.29) is 5.75 Å². The second kappa shape index (κ2) is 4.51. The van der Waals surface area contributed by atoms with Crippen molar-refractivity contribution in [1.82, 2.24) is 10.2 Å². The molecule has 0 saturated heterocycles. The molecule has 0 amide bonds. The summed E-state index contributed by atoms with van der Waals surface area (Å²) in [5.41, 5.74) is 0. The van der Waals surface area contributed by atoms with Crippen LogP contribution in [0.25, 0.3) is 0 Å². The third-order valence-electron chi connectivity index (χ3n) is 1.69. The molecule has 1 heterocycles. The normalized spacial score (nSPS) is 10.2. The number of aromatic nitrogens is 2. The molecular formula is C10H7ClN2OS. The summed E-state index contributed by atoms with van der Waals surface area (Å²) in [5, 5.41) is 18.2. The maximum atomic E-state index is 9.53. The van der Waals surface area contributed by atoms with Gasteiger partial charge in [-0.3, -0.25) is 0 Å². The Morgan fingerprint density at radius 2 is 1.87 bits per heavy atom. The first kappa shape index (κ1) is 10.3. The highest BCUT2D eigenvalue weighted by Crippen LogP contribution is 2.32. The van der Waals surface area contributed by atoms with Gasteiger partial charge in [0.1, 0.15) is 10.8 Å². The summed E-state index contributed by atoms with van der Waals surface area (Å²) in [5.74, 6) is 0.235. The third kappa shape index (κ3) is 2.61. The van der Waals surface area contributed by atoms with Crippen LogP contribution in [0.15, 0.2) is 46.3 Å². The highest BCUT2D eigenvalue weighted by atomic mass is 35.5. The molecule has 0 unspecified atom stereocenters. The number of phenols is 1. The van der Waals surface area contributed by atoms with Crippen molar-refractivity contribution in [2.24, 2.45) is 0 Å². The summed E-state index contributed by atoms with van der Waals surface area (Å²) < 4.78 is 0. The monoisotopic (exact) mass is 238 g/mol. The van der Waals surface area contributed by atoms with Crippen molar-refractivity contribution in [2.75, 3.05) is 0 Å². The Kier molecular flexibility index (Phi) is 3.08. The minimum atomic E-state index is 0.235. The minimum Gasteiger partial charge on any atom is -0.507 e. The maximum Gasteiger partial charge on any atom is 0.151 e. The second-order valence-corrected chi connectivity index (χ2v) is 4.21. The van der Waals surface area contributed by atoms with Crippen LogP contribution >= 0.6 is 23.4 Å². The van der Waals surface area contributed by atoms with Crippen LogP contribution in [-0.2, 0) is 0 Å². The van der Waals surface area contributed by atoms with Crippen molar-refractivity contribution < 1.29 is 5.11 Å². The van der Waals surface area contributed by atoms with Gasteiger partial charge in [-0.15, -0.1) is 10.2 Å². The topological polar surface area (TPSA) is 46.0 Å². The lowest BCUT2D eigenvalue weighted by molar-refractivity contribution is 0.462. The molecule has 0 atom stereocenters. The van der Waals surface area contributed by atoms with Gasteiger partial charge in [-0.1, -0.05) is 35.5 Å². The second-order valence-electron chi connectivity index (χ2n) is 2.76. The van der Waals surface area contributed by atoms with Crippen LogP contribution in [0, 0.1) is 0 Å². The number of phenolic OH excluding ortho intramolecular Hbond substituents is 1. The molecule has 0 saturated carbocycles. The van der Waals surface area contributed by atoms with E-state index in [1.54, 1.807) is 24.3 Å². The van der Waals surface area contributed by atoms with Gasteiger partial charge in [0.25, 0.3) is 0 Å². The first-order valence-corrected chi connectivity index (χ1v) is 5.40. The van der Waals surface area contributed by atoms with Gasteiger partial charge in [0.15, 0.2) is 5.15 Å². The summed E-state index contributed by atoms with van der Waals surface area (Å²) >= 11 is 6.95. The van der Waals surface area contributed by atoms with Crippen LogP contribution in [0.3, 0.4) is 0 Å². The van der Waals surface area contributed by atoms with E-state index in [1.165, 1.54) is 11.8 Å². The Labute approximate surface area is 96.1 Å². The van der Waals surface area contributed by atoms with E-state index in [9.17, 15) is 5.11 Å². The molecule has 0 aliphatic rings. The van der Waals surface area contributed by atoms with Crippen molar-refractivity contribution in [3.63, 3.8) is 0 Å². The number of nitrogens with zero attached hydrogens (tertiary/aromatic N) is 2. The largest absolute Gasteiger partial charge is 0.507 e. The molecule has 15 heavy (non-hydrogen) atoms. The van der Waals surface area contributed by atoms with Crippen LogP contribution in [-0.4, -0.2) is 15.3 Å². The van der Waals surface area contributed by atoms with E-state index < -0.39 is 0 Å². The van der Waals surface area contributed by atoms with Crippen LogP contribution in [0.1, 0.15) is 0 Å². The maximum absolute atomic E-state index is 9.53. The van der Waals surface area contributed by atoms with Gasteiger partial charge in [0.05, 0.1) is 4.90 Å². The fourth-order valence-corrected chi connectivity index (χ4v) is 1.88. The zero-order valence-corrected chi connectivity index (χ0v) is 9.16. The predicted octanol–water partition coefficient (Wildman–Crippen LogP) is 2.99. The number of benzene rings is 1. The van der Waals surface area contributed by atoms with Gasteiger partial charge in [0.2, 0.25) is 0 Å². The Balaban J connectivity index is 2.22.